The second kappa shape index (κ2) is 8.19. The van der Waals surface area contributed by atoms with Crippen molar-refractivity contribution in [3.05, 3.63) is 35.4 Å². The fraction of sp³-hybridized carbons (Fsp3) is 0.562. The SMILES string of the molecule is COCCC(=O)N1CCC(NCc2ccc(F)c(F)c2)CC1. The van der Waals surface area contributed by atoms with Crippen LogP contribution in [-0.4, -0.2) is 43.7 Å². The largest absolute Gasteiger partial charge is 0.384 e. The van der Waals surface area contributed by atoms with Gasteiger partial charge in [0.05, 0.1) is 13.0 Å². The van der Waals surface area contributed by atoms with Crippen molar-refractivity contribution in [2.45, 2.75) is 31.8 Å². The third kappa shape index (κ3) is 4.74. The number of hydrogen-bond donors (Lipinski definition) is 1. The maximum Gasteiger partial charge on any atom is 0.224 e. The normalized spacial score (nSPS) is 16.0. The molecule has 0 bridgehead atoms. The minimum atomic E-state index is -0.827. The molecule has 1 heterocycles. The third-order valence-corrected chi connectivity index (χ3v) is 3.95. The Balaban J connectivity index is 1.73. The first-order valence-corrected chi connectivity index (χ1v) is 7.54. The maximum atomic E-state index is 13.1. The first-order valence-electron chi connectivity index (χ1n) is 7.54. The van der Waals surface area contributed by atoms with Crippen molar-refractivity contribution in [2.24, 2.45) is 0 Å². The van der Waals surface area contributed by atoms with Gasteiger partial charge in [-0.05, 0) is 30.5 Å². The molecule has 0 saturated carbocycles. The van der Waals surface area contributed by atoms with Crippen molar-refractivity contribution < 1.29 is 18.3 Å². The van der Waals surface area contributed by atoms with Crippen LogP contribution in [-0.2, 0) is 16.1 Å². The molecule has 122 valence electrons. The van der Waals surface area contributed by atoms with E-state index < -0.39 is 11.6 Å². The van der Waals surface area contributed by atoms with Gasteiger partial charge in [0.2, 0.25) is 5.91 Å². The summed E-state index contributed by atoms with van der Waals surface area (Å²) in [6.45, 7) is 2.39. The predicted molar refractivity (Wildman–Crippen MR) is 79.3 cm³/mol. The molecule has 0 spiro atoms. The molecule has 1 aromatic carbocycles. The van der Waals surface area contributed by atoms with Crippen molar-refractivity contribution in [1.29, 1.82) is 0 Å². The fourth-order valence-electron chi connectivity index (χ4n) is 2.59. The van der Waals surface area contributed by atoms with E-state index in [1.807, 2.05) is 4.90 Å². The summed E-state index contributed by atoms with van der Waals surface area (Å²) in [5.74, 6) is -1.52. The number of piperidine rings is 1. The van der Waals surface area contributed by atoms with Crippen molar-refractivity contribution in [1.82, 2.24) is 10.2 Å². The van der Waals surface area contributed by atoms with E-state index in [2.05, 4.69) is 5.32 Å². The fourth-order valence-corrected chi connectivity index (χ4v) is 2.59. The van der Waals surface area contributed by atoms with E-state index in [0.29, 0.717) is 25.6 Å². The summed E-state index contributed by atoms with van der Waals surface area (Å²) in [4.78, 5) is 13.7. The summed E-state index contributed by atoms with van der Waals surface area (Å²) in [6.07, 6.45) is 2.15. The Morgan fingerprint density at radius 2 is 2.05 bits per heavy atom. The number of carbonyl (C=O) groups is 1. The minimum Gasteiger partial charge on any atom is -0.384 e. The summed E-state index contributed by atoms with van der Waals surface area (Å²) >= 11 is 0. The van der Waals surface area contributed by atoms with Crippen molar-refractivity contribution in [3.8, 4) is 0 Å². The quantitative estimate of drug-likeness (QED) is 0.874. The van der Waals surface area contributed by atoms with Gasteiger partial charge in [0.25, 0.3) is 0 Å². The van der Waals surface area contributed by atoms with E-state index in [4.69, 9.17) is 4.74 Å². The average molecular weight is 312 g/mol. The smallest absolute Gasteiger partial charge is 0.224 e. The topological polar surface area (TPSA) is 41.6 Å². The van der Waals surface area contributed by atoms with E-state index in [1.54, 1.807) is 13.2 Å². The number of nitrogens with zero attached hydrogens (tertiary/aromatic N) is 1. The standard InChI is InChI=1S/C16H22F2N2O2/c1-22-9-6-16(21)20-7-4-13(5-8-20)19-11-12-2-3-14(17)15(18)10-12/h2-3,10,13,19H,4-9,11H2,1H3. The summed E-state index contributed by atoms with van der Waals surface area (Å²) in [5.41, 5.74) is 0.720. The number of amides is 1. The van der Waals surface area contributed by atoms with Crippen molar-refractivity contribution in [2.75, 3.05) is 26.8 Å². The molecular weight excluding hydrogens is 290 g/mol. The third-order valence-electron chi connectivity index (χ3n) is 3.95. The number of methoxy groups -OCH3 is 1. The van der Waals surface area contributed by atoms with Crippen molar-refractivity contribution >= 4 is 5.91 Å². The zero-order valence-electron chi connectivity index (χ0n) is 12.8. The number of carbonyl (C=O) groups excluding carboxylic acids is 1. The van der Waals surface area contributed by atoms with E-state index in [-0.39, 0.29) is 5.91 Å². The number of halogens is 2. The maximum absolute atomic E-state index is 13.1. The van der Waals surface area contributed by atoms with E-state index >= 15 is 0 Å². The van der Waals surface area contributed by atoms with Crippen LogP contribution in [0.1, 0.15) is 24.8 Å². The second-order valence-electron chi connectivity index (χ2n) is 5.53. The highest BCUT2D eigenvalue weighted by atomic mass is 19.2. The number of hydrogen-bond acceptors (Lipinski definition) is 3. The van der Waals surface area contributed by atoms with Gasteiger partial charge in [-0.2, -0.15) is 0 Å². The van der Waals surface area contributed by atoms with Gasteiger partial charge in [0.15, 0.2) is 11.6 Å². The summed E-state index contributed by atoms with van der Waals surface area (Å²) in [7, 11) is 1.59. The molecule has 0 aromatic heterocycles. The van der Waals surface area contributed by atoms with Crippen LogP contribution in [0.5, 0.6) is 0 Å². The van der Waals surface area contributed by atoms with Crippen LogP contribution in [0.3, 0.4) is 0 Å². The van der Waals surface area contributed by atoms with Crippen LogP contribution in [0, 0.1) is 11.6 Å². The molecular formula is C16H22F2N2O2. The van der Waals surface area contributed by atoms with Crippen LogP contribution in [0.2, 0.25) is 0 Å². The van der Waals surface area contributed by atoms with Crippen LogP contribution in [0.4, 0.5) is 8.78 Å². The number of rotatable bonds is 6. The highest BCUT2D eigenvalue weighted by molar-refractivity contribution is 5.76. The number of ether oxygens (including phenoxy) is 1. The van der Waals surface area contributed by atoms with Gasteiger partial charge in [-0.3, -0.25) is 4.79 Å². The molecule has 0 atom stereocenters. The molecule has 1 saturated heterocycles. The second-order valence-corrected chi connectivity index (χ2v) is 5.53. The van der Waals surface area contributed by atoms with Gasteiger partial charge in [-0.25, -0.2) is 8.78 Å². The number of benzene rings is 1. The van der Waals surface area contributed by atoms with Gasteiger partial charge < -0.3 is 15.0 Å². The lowest BCUT2D eigenvalue weighted by molar-refractivity contribution is -0.133. The Labute approximate surface area is 129 Å². The lowest BCUT2D eigenvalue weighted by Crippen LogP contribution is -2.44. The average Bonchev–Trinajstić information content (AvgIpc) is 2.54. The Hall–Kier alpha value is -1.53. The van der Waals surface area contributed by atoms with Crippen LogP contribution < -0.4 is 5.32 Å². The first-order chi connectivity index (χ1) is 10.6. The summed E-state index contributed by atoms with van der Waals surface area (Å²) < 4.78 is 30.9. The zero-order valence-corrected chi connectivity index (χ0v) is 12.8. The van der Waals surface area contributed by atoms with E-state index in [9.17, 15) is 13.6 Å². The van der Waals surface area contributed by atoms with Gasteiger partial charge in [0.1, 0.15) is 0 Å². The molecule has 1 amide bonds. The van der Waals surface area contributed by atoms with Crippen LogP contribution in [0.25, 0.3) is 0 Å². The monoisotopic (exact) mass is 312 g/mol. The van der Waals surface area contributed by atoms with E-state index in [0.717, 1.165) is 37.6 Å². The van der Waals surface area contributed by atoms with Gasteiger partial charge in [0, 0.05) is 32.8 Å². The van der Waals surface area contributed by atoms with Crippen molar-refractivity contribution in [3.63, 3.8) is 0 Å². The highest BCUT2D eigenvalue weighted by Gasteiger charge is 2.22. The highest BCUT2D eigenvalue weighted by Crippen LogP contribution is 2.13. The Kier molecular flexibility index (Phi) is 6.27. The molecule has 1 fully saturated rings. The molecule has 6 heteroatoms. The summed E-state index contributed by atoms with van der Waals surface area (Å²) in [6, 6.07) is 4.23. The lowest BCUT2D eigenvalue weighted by Gasteiger charge is -2.32. The van der Waals surface area contributed by atoms with Crippen LogP contribution >= 0.6 is 0 Å². The van der Waals surface area contributed by atoms with Gasteiger partial charge in [-0.1, -0.05) is 6.07 Å². The lowest BCUT2D eigenvalue weighted by atomic mass is 10.0. The molecule has 1 aliphatic rings. The molecule has 1 aromatic rings. The first kappa shape index (κ1) is 16.8. The zero-order chi connectivity index (χ0) is 15.9. The van der Waals surface area contributed by atoms with E-state index in [1.165, 1.54) is 6.07 Å². The Bertz CT molecular complexity index is 503. The summed E-state index contributed by atoms with van der Waals surface area (Å²) in [5, 5.41) is 3.34. The van der Waals surface area contributed by atoms with Gasteiger partial charge >= 0.3 is 0 Å². The van der Waals surface area contributed by atoms with Gasteiger partial charge in [-0.15, -0.1) is 0 Å². The number of likely N-dealkylation sites (tertiary alicyclic amines) is 1. The minimum absolute atomic E-state index is 0.126. The molecule has 22 heavy (non-hydrogen) atoms. The molecule has 2 rings (SSSR count). The molecule has 0 aliphatic carbocycles. The molecule has 1 N–H and O–H groups in total. The predicted octanol–water partition coefficient (Wildman–Crippen LogP) is 2.08. The van der Waals surface area contributed by atoms with Crippen LogP contribution in [0.15, 0.2) is 18.2 Å². The Morgan fingerprint density at radius 3 is 2.68 bits per heavy atom. The molecule has 0 radical (unpaired) electrons. The molecule has 4 nitrogen and oxygen atoms in total. The Morgan fingerprint density at radius 1 is 1.32 bits per heavy atom. The molecule has 0 unspecified atom stereocenters. The molecule has 1 aliphatic heterocycles. The number of nitrogens with one attached hydrogen (secondary N) is 1.